The molecule has 0 radical (unpaired) electrons. The van der Waals surface area contributed by atoms with Crippen molar-refractivity contribution < 1.29 is 14.3 Å². The van der Waals surface area contributed by atoms with E-state index in [0.29, 0.717) is 19.0 Å². The van der Waals surface area contributed by atoms with Gasteiger partial charge in [0, 0.05) is 45.3 Å². The van der Waals surface area contributed by atoms with Crippen LogP contribution in [0.1, 0.15) is 40.5 Å². The van der Waals surface area contributed by atoms with Crippen molar-refractivity contribution in [1.82, 2.24) is 20.0 Å². The number of anilines is 1. The second kappa shape index (κ2) is 10.8. The van der Waals surface area contributed by atoms with E-state index in [2.05, 4.69) is 15.3 Å². The summed E-state index contributed by atoms with van der Waals surface area (Å²) in [5.74, 6) is 0.857. The summed E-state index contributed by atoms with van der Waals surface area (Å²) in [4.78, 5) is 39.8. The molecule has 0 spiro atoms. The van der Waals surface area contributed by atoms with Crippen molar-refractivity contribution in [3.63, 3.8) is 0 Å². The number of alkyl halides is 1. The van der Waals surface area contributed by atoms with E-state index in [1.165, 1.54) is 10.7 Å². The number of amides is 2. The lowest BCUT2D eigenvalue weighted by Gasteiger charge is -2.36. The third-order valence-electron chi connectivity index (χ3n) is 5.09. The van der Waals surface area contributed by atoms with Crippen LogP contribution in [0.25, 0.3) is 0 Å². The lowest BCUT2D eigenvalue weighted by molar-refractivity contribution is -0.129. The number of carbonyl (C=O) groups is 2. The topological polar surface area (TPSA) is 96.8 Å². The largest absolute Gasteiger partial charge is 0.444 e. The van der Waals surface area contributed by atoms with Crippen molar-refractivity contribution in [2.24, 2.45) is 13.0 Å². The summed E-state index contributed by atoms with van der Waals surface area (Å²) in [5.41, 5.74) is -0.716. The molecule has 1 fully saturated rings. The van der Waals surface area contributed by atoms with Crippen molar-refractivity contribution in [2.45, 2.75) is 52.2 Å². The van der Waals surface area contributed by atoms with Crippen LogP contribution in [0.3, 0.4) is 0 Å². The maximum atomic E-state index is 12.4. The summed E-state index contributed by atoms with van der Waals surface area (Å²) >= 11 is 5.82. The van der Waals surface area contributed by atoms with Gasteiger partial charge in [-0.05, 0) is 52.5 Å². The molecule has 0 aromatic carbocycles. The standard InChI is InChI=1S/C21H34ClN5O4/c1-15(23-20(30)31-21(2,3)4)13-27(19(29)12-22)14-16-8-10-26(11-9-16)17-6-7-18(28)25(5)24-17/h6-7,15-16H,8-14H2,1-5H3,(H,23,30)/t15-/m0/s1. The highest BCUT2D eigenvalue weighted by molar-refractivity contribution is 6.27. The summed E-state index contributed by atoms with van der Waals surface area (Å²) in [6, 6.07) is 3.00. The predicted octanol–water partition coefficient (Wildman–Crippen LogP) is 1.98. The number of aromatic nitrogens is 2. The van der Waals surface area contributed by atoms with E-state index in [4.69, 9.17) is 16.3 Å². The molecule has 0 bridgehead atoms. The Morgan fingerprint density at radius 1 is 1.32 bits per heavy atom. The van der Waals surface area contributed by atoms with Crippen molar-refractivity contribution >= 4 is 29.4 Å². The molecule has 1 aliphatic rings. The zero-order chi connectivity index (χ0) is 23.2. The van der Waals surface area contributed by atoms with Crippen molar-refractivity contribution in [3.8, 4) is 0 Å². The van der Waals surface area contributed by atoms with Crippen molar-refractivity contribution in [2.75, 3.05) is 37.0 Å². The summed E-state index contributed by atoms with van der Waals surface area (Å²) in [6.45, 7) is 9.79. The van der Waals surface area contributed by atoms with E-state index in [0.717, 1.165) is 31.7 Å². The monoisotopic (exact) mass is 455 g/mol. The maximum Gasteiger partial charge on any atom is 0.407 e. The molecule has 31 heavy (non-hydrogen) atoms. The number of piperidine rings is 1. The molecule has 2 amide bonds. The van der Waals surface area contributed by atoms with E-state index in [1.807, 2.05) is 6.92 Å². The summed E-state index contributed by atoms with van der Waals surface area (Å²) in [5, 5.41) is 7.09. The van der Waals surface area contributed by atoms with Crippen LogP contribution in [0.5, 0.6) is 0 Å². The number of ether oxygens (including phenoxy) is 1. The van der Waals surface area contributed by atoms with Gasteiger partial charge in [-0.1, -0.05) is 0 Å². The number of nitrogens with zero attached hydrogens (tertiary/aromatic N) is 4. The quantitative estimate of drug-likeness (QED) is 0.631. The van der Waals surface area contributed by atoms with E-state index >= 15 is 0 Å². The lowest BCUT2D eigenvalue weighted by atomic mass is 9.96. The second-order valence-corrected chi connectivity index (χ2v) is 9.33. The Morgan fingerprint density at radius 3 is 2.52 bits per heavy atom. The van der Waals surface area contributed by atoms with E-state index < -0.39 is 11.7 Å². The average Bonchev–Trinajstić information content (AvgIpc) is 2.68. The molecule has 1 N–H and O–H groups in total. The smallest absolute Gasteiger partial charge is 0.407 e. The van der Waals surface area contributed by atoms with Gasteiger partial charge in [0.25, 0.3) is 5.56 Å². The van der Waals surface area contributed by atoms with Gasteiger partial charge >= 0.3 is 6.09 Å². The highest BCUT2D eigenvalue weighted by atomic mass is 35.5. The van der Waals surface area contributed by atoms with Crippen molar-refractivity contribution in [3.05, 3.63) is 22.5 Å². The minimum Gasteiger partial charge on any atom is -0.444 e. The van der Waals surface area contributed by atoms with Gasteiger partial charge in [-0.3, -0.25) is 9.59 Å². The minimum atomic E-state index is -0.580. The molecule has 174 valence electrons. The van der Waals surface area contributed by atoms with Crippen LogP contribution in [0.4, 0.5) is 10.6 Å². The number of nitrogens with one attached hydrogen (secondary N) is 1. The first kappa shape index (κ1) is 25.0. The maximum absolute atomic E-state index is 12.4. The Bertz CT molecular complexity index is 815. The second-order valence-electron chi connectivity index (χ2n) is 9.06. The van der Waals surface area contributed by atoms with Gasteiger partial charge in [0.2, 0.25) is 5.91 Å². The normalized spacial score (nSPS) is 16.0. The highest BCUT2D eigenvalue weighted by Gasteiger charge is 2.26. The van der Waals surface area contributed by atoms with Crippen LogP contribution in [0.15, 0.2) is 16.9 Å². The molecule has 2 rings (SSSR count). The summed E-state index contributed by atoms with van der Waals surface area (Å²) < 4.78 is 6.62. The average molecular weight is 456 g/mol. The molecule has 0 aliphatic carbocycles. The number of alkyl carbamates (subject to hydrolysis) is 1. The number of hydrogen-bond acceptors (Lipinski definition) is 6. The molecule has 1 aliphatic heterocycles. The molecule has 0 saturated carbocycles. The number of carbonyl (C=O) groups excluding carboxylic acids is 2. The molecule has 1 aromatic rings. The molecular formula is C21H34ClN5O4. The number of hydrogen-bond donors (Lipinski definition) is 1. The zero-order valence-electron chi connectivity index (χ0n) is 19.1. The number of aryl methyl sites for hydroxylation is 1. The SMILES string of the molecule is C[C@@H](CN(CC1CCN(c2ccc(=O)n(C)n2)CC1)C(=O)CCl)NC(=O)OC(C)(C)C. The summed E-state index contributed by atoms with van der Waals surface area (Å²) in [6.07, 6.45) is 1.28. The minimum absolute atomic E-state index is 0.0973. The van der Waals surface area contributed by atoms with Gasteiger partial charge < -0.3 is 19.9 Å². The number of halogens is 1. The van der Waals surface area contributed by atoms with Crippen LogP contribution in [-0.2, 0) is 16.6 Å². The van der Waals surface area contributed by atoms with E-state index in [9.17, 15) is 14.4 Å². The number of rotatable bonds is 7. The first-order valence-corrected chi connectivity index (χ1v) is 11.1. The Labute approximate surface area is 188 Å². The van der Waals surface area contributed by atoms with Crippen LogP contribution >= 0.6 is 11.6 Å². The fraction of sp³-hybridized carbons (Fsp3) is 0.714. The fourth-order valence-electron chi connectivity index (χ4n) is 3.56. The molecular weight excluding hydrogens is 422 g/mol. The third-order valence-corrected chi connectivity index (χ3v) is 5.32. The van der Waals surface area contributed by atoms with Crippen LogP contribution in [0, 0.1) is 5.92 Å². The predicted molar refractivity (Wildman–Crippen MR) is 121 cm³/mol. The molecule has 10 heteroatoms. The molecule has 0 unspecified atom stereocenters. The van der Waals surface area contributed by atoms with E-state index in [-0.39, 0.29) is 23.4 Å². The van der Waals surface area contributed by atoms with Crippen LogP contribution < -0.4 is 15.8 Å². The van der Waals surface area contributed by atoms with Gasteiger partial charge in [-0.2, -0.15) is 5.10 Å². The first-order valence-electron chi connectivity index (χ1n) is 10.6. The molecule has 1 saturated heterocycles. The Hall–Kier alpha value is -2.29. The zero-order valence-corrected chi connectivity index (χ0v) is 19.8. The fourth-order valence-corrected chi connectivity index (χ4v) is 3.73. The Balaban J connectivity index is 1.90. The molecule has 1 aromatic heterocycles. The Kier molecular flexibility index (Phi) is 8.73. The van der Waals surface area contributed by atoms with Crippen molar-refractivity contribution in [1.29, 1.82) is 0 Å². The molecule has 2 heterocycles. The first-order chi connectivity index (χ1) is 14.5. The van der Waals surface area contributed by atoms with Gasteiger partial charge in [0.15, 0.2) is 0 Å². The lowest BCUT2D eigenvalue weighted by Crippen LogP contribution is -2.48. The summed E-state index contributed by atoms with van der Waals surface area (Å²) in [7, 11) is 1.64. The van der Waals surface area contributed by atoms with Gasteiger partial charge in [0.05, 0.1) is 0 Å². The third kappa shape index (κ3) is 8.05. The molecule has 1 atom stereocenters. The van der Waals surface area contributed by atoms with Gasteiger partial charge in [-0.25, -0.2) is 9.48 Å². The van der Waals surface area contributed by atoms with Gasteiger partial charge in [-0.15, -0.1) is 11.6 Å². The molecule has 9 nitrogen and oxygen atoms in total. The highest BCUT2D eigenvalue weighted by Crippen LogP contribution is 2.22. The Morgan fingerprint density at radius 2 is 1.97 bits per heavy atom. The van der Waals surface area contributed by atoms with Gasteiger partial charge in [0.1, 0.15) is 17.3 Å². The van der Waals surface area contributed by atoms with Crippen LogP contribution in [-0.4, -0.2) is 70.4 Å². The van der Waals surface area contributed by atoms with E-state index in [1.54, 1.807) is 38.8 Å². The van der Waals surface area contributed by atoms with Crippen LogP contribution in [0.2, 0.25) is 0 Å².